The van der Waals surface area contributed by atoms with Gasteiger partial charge in [-0.1, -0.05) is 23.4 Å². The molecule has 3 aromatic heterocycles. The van der Waals surface area contributed by atoms with Crippen LogP contribution in [0.15, 0.2) is 69.9 Å². The quantitative estimate of drug-likeness (QED) is 0.597. The predicted molar refractivity (Wildman–Crippen MR) is 95.4 cm³/mol. The number of rotatable bonds is 5. The second-order valence-corrected chi connectivity index (χ2v) is 6.07. The molecule has 0 spiro atoms. The van der Waals surface area contributed by atoms with E-state index in [4.69, 9.17) is 8.94 Å². The molecule has 3 heterocycles. The molecule has 1 aromatic carbocycles. The molecule has 6 nitrogen and oxygen atoms in total. The zero-order valence-corrected chi connectivity index (χ0v) is 14.2. The summed E-state index contributed by atoms with van der Waals surface area (Å²) < 4.78 is 11.0. The molecule has 26 heavy (non-hydrogen) atoms. The first-order valence-electron chi connectivity index (χ1n) is 8.29. The van der Waals surface area contributed by atoms with E-state index in [1.807, 2.05) is 42.5 Å². The molecule has 0 saturated heterocycles. The fourth-order valence-electron chi connectivity index (χ4n) is 2.90. The lowest BCUT2D eigenvalue weighted by Gasteiger charge is -2.16. The Kier molecular flexibility index (Phi) is 4.23. The van der Waals surface area contributed by atoms with Crippen molar-refractivity contribution in [1.29, 1.82) is 0 Å². The van der Waals surface area contributed by atoms with E-state index in [2.05, 4.69) is 15.5 Å². The number of pyridine rings is 1. The van der Waals surface area contributed by atoms with Gasteiger partial charge in [0.1, 0.15) is 23.1 Å². The molecular weight excluding hydrogens is 330 g/mol. The molecule has 4 rings (SSSR count). The molecule has 0 aliphatic carbocycles. The number of amides is 1. The molecule has 0 bridgehead atoms. The van der Waals surface area contributed by atoms with Crippen molar-refractivity contribution in [1.82, 2.24) is 15.5 Å². The van der Waals surface area contributed by atoms with E-state index in [0.29, 0.717) is 17.2 Å². The van der Waals surface area contributed by atoms with Crippen LogP contribution in [0.4, 0.5) is 0 Å². The average molecular weight is 347 g/mol. The van der Waals surface area contributed by atoms with Crippen LogP contribution < -0.4 is 5.32 Å². The van der Waals surface area contributed by atoms with Crippen molar-refractivity contribution in [2.45, 2.75) is 19.4 Å². The maximum atomic E-state index is 12.5. The van der Waals surface area contributed by atoms with Gasteiger partial charge < -0.3 is 14.3 Å². The van der Waals surface area contributed by atoms with Gasteiger partial charge in [0.25, 0.3) is 0 Å². The number of aromatic nitrogens is 2. The number of nitrogens with one attached hydrogen (secondary N) is 1. The van der Waals surface area contributed by atoms with E-state index in [-0.39, 0.29) is 12.3 Å². The highest BCUT2D eigenvalue weighted by Crippen LogP contribution is 2.28. The Morgan fingerprint density at radius 3 is 2.69 bits per heavy atom. The highest BCUT2D eigenvalue weighted by atomic mass is 16.5. The maximum Gasteiger partial charge on any atom is 0.227 e. The standard InChI is InChI=1S/C20H17N3O3/c1-13-10-16(23-26-13)12-19(24)22-20(14-6-8-21-9-7-14)18-11-15-4-2-3-5-17(15)25-18/h2-11,20H,12H2,1H3,(H,22,24). The lowest BCUT2D eigenvalue weighted by atomic mass is 10.1. The van der Waals surface area contributed by atoms with Crippen LogP contribution in [0.3, 0.4) is 0 Å². The maximum absolute atomic E-state index is 12.5. The Morgan fingerprint density at radius 1 is 1.15 bits per heavy atom. The van der Waals surface area contributed by atoms with Crippen molar-refractivity contribution in [3.8, 4) is 0 Å². The van der Waals surface area contributed by atoms with Crippen molar-refractivity contribution in [3.63, 3.8) is 0 Å². The van der Waals surface area contributed by atoms with Crippen molar-refractivity contribution in [3.05, 3.63) is 83.7 Å². The predicted octanol–water partition coefficient (Wildman–Crippen LogP) is 3.57. The normalized spacial score (nSPS) is 12.2. The molecule has 0 aliphatic heterocycles. The molecule has 0 saturated carbocycles. The topological polar surface area (TPSA) is 81.2 Å². The van der Waals surface area contributed by atoms with Crippen LogP contribution in [-0.2, 0) is 11.2 Å². The molecule has 1 N–H and O–H groups in total. The van der Waals surface area contributed by atoms with Gasteiger partial charge in [0, 0.05) is 23.8 Å². The number of fused-ring (bicyclic) bond motifs is 1. The largest absolute Gasteiger partial charge is 0.459 e. The number of para-hydroxylation sites is 1. The molecular formula is C20H17N3O3. The first-order chi connectivity index (χ1) is 12.7. The second-order valence-electron chi connectivity index (χ2n) is 6.07. The van der Waals surface area contributed by atoms with Crippen molar-refractivity contribution in [2.75, 3.05) is 0 Å². The number of hydrogen-bond acceptors (Lipinski definition) is 5. The smallest absolute Gasteiger partial charge is 0.227 e. The molecule has 0 fully saturated rings. The van der Waals surface area contributed by atoms with Gasteiger partial charge >= 0.3 is 0 Å². The van der Waals surface area contributed by atoms with Crippen LogP contribution in [0, 0.1) is 6.92 Å². The summed E-state index contributed by atoms with van der Waals surface area (Å²) in [6.45, 7) is 1.79. The summed E-state index contributed by atoms with van der Waals surface area (Å²) in [5.41, 5.74) is 2.27. The van der Waals surface area contributed by atoms with Gasteiger partial charge in [-0.15, -0.1) is 0 Å². The van der Waals surface area contributed by atoms with Gasteiger partial charge in [-0.3, -0.25) is 9.78 Å². The van der Waals surface area contributed by atoms with Gasteiger partial charge in [-0.25, -0.2) is 0 Å². The Morgan fingerprint density at radius 2 is 1.96 bits per heavy atom. The van der Waals surface area contributed by atoms with Crippen LogP contribution in [-0.4, -0.2) is 16.0 Å². The third-order valence-electron chi connectivity index (χ3n) is 4.09. The number of nitrogens with zero attached hydrogens (tertiary/aromatic N) is 2. The first kappa shape index (κ1) is 16.1. The summed E-state index contributed by atoms with van der Waals surface area (Å²) in [6, 6.07) is 14.8. The van der Waals surface area contributed by atoms with E-state index in [0.717, 1.165) is 16.5 Å². The summed E-state index contributed by atoms with van der Waals surface area (Å²) >= 11 is 0. The van der Waals surface area contributed by atoms with E-state index in [9.17, 15) is 4.79 Å². The lowest BCUT2D eigenvalue weighted by Crippen LogP contribution is -2.30. The van der Waals surface area contributed by atoms with Crippen LogP contribution in [0.2, 0.25) is 0 Å². The Bertz CT molecular complexity index is 1000. The van der Waals surface area contributed by atoms with Crippen LogP contribution >= 0.6 is 0 Å². The summed E-state index contributed by atoms with van der Waals surface area (Å²) in [4.78, 5) is 16.6. The molecule has 6 heteroatoms. The average Bonchev–Trinajstić information content (AvgIpc) is 3.26. The molecule has 0 aliphatic rings. The minimum atomic E-state index is -0.411. The van der Waals surface area contributed by atoms with Gasteiger partial charge in [0.15, 0.2) is 0 Å². The van der Waals surface area contributed by atoms with Gasteiger partial charge in [0.05, 0.1) is 12.1 Å². The molecule has 1 unspecified atom stereocenters. The molecule has 0 radical (unpaired) electrons. The number of benzene rings is 1. The summed E-state index contributed by atoms with van der Waals surface area (Å²) in [6.07, 6.45) is 3.52. The van der Waals surface area contributed by atoms with E-state index in [1.165, 1.54) is 0 Å². The Labute approximate surface area is 149 Å². The van der Waals surface area contributed by atoms with Crippen LogP contribution in [0.5, 0.6) is 0 Å². The van der Waals surface area contributed by atoms with Crippen molar-refractivity contribution in [2.24, 2.45) is 0 Å². The highest BCUT2D eigenvalue weighted by Gasteiger charge is 2.21. The zero-order valence-electron chi connectivity index (χ0n) is 14.2. The summed E-state index contributed by atoms with van der Waals surface area (Å²) in [5, 5.41) is 7.89. The summed E-state index contributed by atoms with van der Waals surface area (Å²) in [5.74, 6) is 1.18. The zero-order chi connectivity index (χ0) is 17.9. The Hall–Kier alpha value is -3.41. The molecule has 1 atom stereocenters. The molecule has 4 aromatic rings. The second kappa shape index (κ2) is 6.84. The SMILES string of the molecule is Cc1cc(CC(=O)NC(c2ccncc2)c2cc3ccccc3o2)no1. The van der Waals surface area contributed by atoms with Gasteiger partial charge in [-0.2, -0.15) is 0 Å². The number of hydrogen-bond donors (Lipinski definition) is 1. The fourth-order valence-corrected chi connectivity index (χ4v) is 2.90. The molecule has 1 amide bonds. The van der Waals surface area contributed by atoms with Crippen LogP contribution in [0.25, 0.3) is 11.0 Å². The third-order valence-corrected chi connectivity index (χ3v) is 4.09. The highest BCUT2D eigenvalue weighted by molar-refractivity contribution is 5.80. The number of carbonyl (C=O) groups excluding carboxylic acids is 1. The van der Waals surface area contributed by atoms with E-state index < -0.39 is 6.04 Å². The lowest BCUT2D eigenvalue weighted by molar-refractivity contribution is -0.121. The summed E-state index contributed by atoms with van der Waals surface area (Å²) in [7, 11) is 0. The number of furan rings is 1. The van der Waals surface area contributed by atoms with Gasteiger partial charge in [-0.05, 0) is 36.8 Å². The fraction of sp³-hybridized carbons (Fsp3) is 0.150. The van der Waals surface area contributed by atoms with Crippen molar-refractivity contribution >= 4 is 16.9 Å². The van der Waals surface area contributed by atoms with E-state index >= 15 is 0 Å². The first-order valence-corrected chi connectivity index (χ1v) is 8.29. The monoisotopic (exact) mass is 347 g/mol. The minimum absolute atomic E-state index is 0.138. The number of carbonyl (C=O) groups is 1. The van der Waals surface area contributed by atoms with Crippen LogP contribution in [0.1, 0.15) is 28.8 Å². The van der Waals surface area contributed by atoms with Crippen molar-refractivity contribution < 1.29 is 13.7 Å². The molecule has 130 valence electrons. The van der Waals surface area contributed by atoms with Gasteiger partial charge in [0.2, 0.25) is 5.91 Å². The van der Waals surface area contributed by atoms with E-state index in [1.54, 1.807) is 25.4 Å². The minimum Gasteiger partial charge on any atom is -0.459 e. The number of aryl methyl sites for hydroxylation is 1. The third kappa shape index (κ3) is 3.35. The Balaban J connectivity index is 1.63.